The standard InChI is InChI=1S/C27H25ClFN3O3/c1-17-4-5-18(2)25(12-17)35-16-21-13-19(7-9-24(21)34-3)27(33)30-26-10-11-32(31-26)15-20-6-8-22(29)14-23(20)28/h4-14H,15-16H2,1-3H3,(H,30,31,33). The van der Waals surface area contributed by atoms with Crippen LogP contribution < -0.4 is 14.8 Å². The highest BCUT2D eigenvalue weighted by Gasteiger charge is 2.13. The molecule has 0 fully saturated rings. The van der Waals surface area contributed by atoms with Gasteiger partial charge < -0.3 is 14.8 Å². The number of hydrogen-bond donors (Lipinski definition) is 1. The minimum atomic E-state index is -0.398. The average molecular weight is 494 g/mol. The Morgan fingerprint density at radius 3 is 2.63 bits per heavy atom. The first-order valence-electron chi connectivity index (χ1n) is 11.0. The van der Waals surface area contributed by atoms with E-state index in [0.717, 1.165) is 28.0 Å². The molecular weight excluding hydrogens is 469 g/mol. The SMILES string of the molecule is COc1ccc(C(=O)Nc2ccn(Cc3ccc(F)cc3Cl)n2)cc1COc1cc(C)ccc1C. The third-order valence-electron chi connectivity index (χ3n) is 5.50. The van der Waals surface area contributed by atoms with Crippen molar-refractivity contribution in [2.75, 3.05) is 12.4 Å². The molecule has 180 valence electrons. The summed E-state index contributed by atoms with van der Waals surface area (Å²) in [6.45, 7) is 4.59. The quantitative estimate of drug-likeness (QED) is 0.318. The van der Waals surface area contributed by atoms with E-state index in [1.165, 1.54) is 12.1 Å². The van der Waals surface area contributed by atoms with Gasteiger partial charge in [-0.25, -0.2) is 4.39 Å². The molecule has 1 aromatic heterocycles. The predicted octanol–water partition coefficient (Wildman–Crippen LogP) is 6.18. The smallest absolute Gasteiger partial charge is 0.256 e. The highest BCUT2D eigenvalue weighted by atomic mass is 35.5. The van der Waals surface area contributed by atoms with Crippen LogP contribution in [0.15, 0.2) is 66.9 Å². The molecular formula is C27H25ClFN3O3. The minimum Gasteiger partial charge on any atom is -0.496 e. The lowest BCUT2D eigenvalue weighted by Gasteiger charge is -2.14. The van der Waals surface area contributed by atoms with Crippen LogP contribution in [0.25, 0.3) is 0 Å². The van der Waals surface area contributed by atoms with Crippen molar-refractivity contribution < 1.29 is 18.7 Å². The van der Waals surface area contributed by atoms with Gasteiger partial charge >= 0.3 is 0 Å². The molecule has 0 spiro atoms. The van der Waals surface area contributed by atoms with Gasteiger partial charge in [-0.3, -0.25) is 9.48 Å². The molecule has 0 saturated carbocycles. The van der Waals surface area contributed by atoms with Gasteiger partial charge in [0, 0.05) is 28.4 Å². The summed E-state index contributed by atoms with van der Waals surface area (Å²) in [6, 6.07) is 17.1. The first kappa shape index (κ1) is 24.3. The zero-order valence-electron chi connectivity index (χ0n) is 19.6. The Labute approximate surface area is 208 Å². The van der Waals surface area contributed by atoms with Crippen LogP contribution in [0.1, 0.15) is 32.6 Å². The van der Waals surface area contributed by atoms with Gasteiger partial charge in [0.1, 0.15) is 23.9 Å². The van der Waals surface area contributed by atoms with Crippen LogP contribution in [0, 0.1) is 19.7 Å². The summed E-state index contributed by atoms with van der Waals surface area (Å²) in [5.74, 6) is 1.09. The molecule has 0 radical (unpaired) electrons. The van der Waals surface area contributed by atoms with Crippen molar-refractivity contribution in [1.29, 1.82) is 0 Å². The van der Waals surface area contributed by atoms with Crippen molar-refractivity contribution >= 4 is 23.3 Å². The van der Waals surface area contributed by atoms with E-state index < -0.39 is 5.82 Å². The zero-order chi connectivity index (χ0) is 24.9. The molecule has 1 N–H and O–H groups in total. The number of ether oxygens (including phenoxy) is 2. The van der Waals surface area contributed by atoms with E-state index in [2.05, 4.69) is 10.4 Å². The van der Waals surface area contributed by atoms with Crippen LogP contribution in [0.3, 0.4) is 0 Å². The number of carbonyl (C=O) groups excluding carboxylic acids is 1. The molecule has 35 heavy (non-hydrogen) atoms. The average Bonchev–Trinajstić information content (AvgIpc) is 3.28. The van der Waals surface area contributed by atoms with Crippen molar-refractivity contribution in [3.05, 3.63) is 106 Å². The number of aryl methyl sites for hydroxylation is 2. The van der Waals surface area contributed by atoms with Crippen LogP contribution >= 0.6 is 11.6 Å². The third-order valence-corrected chi connectivity index (χ3v) is 5.85. The molecule has 4 rings (SSSR count). The first-order chi connectivity index (χ1) is 16.8. The van der Waals surface area contributed by atoms with Crippen molar-refractivity contribution in [3.63, 3.8) is 0 Å². The lowest BCUT2D eigenvalue weighted by atomic mass is 10.1. The second kappa shape index (κ2) is 10.6. The number of nitrogens with zero attached hydrogens (tertiary/aromatic N) is 2. The van der Waals surface area contributed by atoms with Crippen LogP contribution in [0.2, 0.25) is 5.02 Å². The van der Waals surface area contributed by atoms with E-state index in [-0.39, 0.29) is 12.5 Å². The molecule has 4 aromatic rings. The fourth-order valence-corrected chi connectivity index (χ4v) is 3.81. The fourth-order valence-electron chi connectivity index (χ4n) is 3.58. The fraction of sp³-hybridized carbons (Fsp3) is 0.185. The third kappa shape index (κ3) is 6.00. The second-order valence-electron chi connectivity index (χ2n) is 8.17. The molecule has 1 heterocycles. The maximum atomic E-state index is 13.3. The van der Waals surface area contributed by atoms with Gasteiger partial charge in [0.15, 0.2) is 5.82 Å². The lowest BCUT2D eigenvalue weighted by molar-refractivity contribution is 0.102. The summed E-state index contributed by atoms with van der Waals surface area (Å²) in [5, 5.41) is 7.48. The summed E-state index contributed by atoms with van der Waals surface area (Å²) in [5.41, 5.74) is 4.05. The van der Waals surface area contributed by atoms with Gasteiger partial charge in [0.25, 0.3) is 5.91 Å². The van der Waals surface area contributed by atoms with Crippen molar-refractivity contribution in [2.45, 2.75) is 27.0 Å². The summed E-state index contributed by atoms with van der Waals surface area (Å²) in [7, 11) is 1.58. The van der Waals surface area contributed by atoms with Gasteiger partial charge in [-0.15, -0.1) is 0 Å². The summed E-state index contributed by atoms with van der Waals surface area (Å²) < 4.78 is 26.4. The summed E-state index contributed by atoms with van der Waals surface area (Å²) in [4.78, 5) is 12.9. The molecule has 6 nitrogen and oxygen atoms in total. The van der Waals surface area contributed by atoms with Crippen LogP contribution in [0.4, 0.5) is 10.2 Å². The maximum absolute atomic E-state index is 13.3. The lowest BCUT2D eigenvalue weighted by Crippen LogP contribution is -2.14. The number of anilines is 1. The second-order valence-corrected chi connectivity index (χ2v) is 8.58. The van der Waals surface area contributed by atoms with E-state index in [4.69, 9.17) is 21.1 Å². The van der Waals surface area contributed by atoms with Crippen molar-refractivity contribution in [3.8, 4) is 11.5 Å². The van der Waals surface area contributed by atoms with Crippen molar-refractivity contribution in [2.24, 2.45) is 0 Å². The normalized spacial score (nSPS) is 10.8. The Morgan fingerprint density at radius 1 is 1.03 bits per heavy atom. The van der Waals surface area contributed by atoms with Gasteiger partial charge in [0.05, 0.1) is 13.7 Å². The topological polar surface area (TPSA) is 65.4 Å². The number of benzene rings is 3. The Morgan fingerprint density at radius 2 is 1.86 bits per heavy atom. The van der Waals surface area contributed by atoms with Gasteiger partial charge in [-0.05, 0) is 66.9 Å². The summed E-state index contributed by atoms with van der Waals surface area (Å²) in [6.07, 6.45) is 1.72. The molecule has 0 aliphatic carbocycles. The van der Waals surface area contributed by atoms with Crippen LogP contribution in [-0.4, -0.2) is 22.8 Å². The van der Waals surface area contributed by atoms with E-state index in [1.807, 2.05) is 32.0 Å². The molecule has 0 bridgehead atoms. The van der Waals surface area contributed by atoms with Gasteiger partial charge in [-0.2, -0.15) is 5.10 Å². The Balaban J connectivity index is 1.45. The summed E-state index contributed by atoms with van der Waals surface area (Å²) >= 11 is 6.10. The molecule has 0 unspecified atom stereocenters. The Bertz CT molecular complexity index is 1370. The predicted molar refractivity (Wildman–Crippen MR) is 134 cm³/mol. The maximum Gasteiger partial charge on any atom is 0.256 e. The largest absolute Gasteiger partial charge is 0.496 e. The number of amides is 1. The van der Waals surface area contributed by atoms with Crippen molar-refractivity contribution in [1.82, 2.24) is 9.78 Å². The van der Waals surface area contributed by atoms with Crippen LogP contribution in [-0.2, 0) is 13.2 Å². The van der Waals surface area contributed by atoms with E-state index >= 15 is 0 Å². The molecule has 0 atom stereocenters. The van der Waals surface area contributed by atoms with E-state index in [1.54, 1.807) is 48.3 Å². The molecule has 0 saturated heterocycles. The number of halogens is 2. The zero-order valence-corrected chi connectivity index (χ0v) is 20.4. The molecule has 3 aromatic carbocycles. The number of nitrogens with one attached hydrogen (secondary N) is 1. The highest BCUT2D eigenvalue weighted by molar-refractivity contribution is 6.31. The Kier molecular flexibility index (Phi) is 7.36. The Hall–Kier alpha value is -3.84. The minimum absolute atomic E-state index is 0.252. The number of carbonyl (C=O) groups is 1. The molecule has 1 amide bonds. The monoisotopic (exact) mass is 493 g/mol. The molecule has 0 aliphatic heterocycles. The number of rotatable bonds is 8. The first-order valence-corrected chi connectivity index (χ1v) is 11.4. The van der Waals surface area contributed by atoms with Gasteiger partial charge in [-0.1, -0.05) is 29.8 Å². The number of hydrogen-bond acceptors (Lipinski definition) is 4. The van der Waals surface area contributed by atoms with E-state index in [0.29, 0.717) is 28.7 Å². The number of aromatic nitrogens is 2. The van der Waals surface area contributed by atoms with Gasteiger partial charge in [0.2, 0.25) is 0 Å². The number of methoxy groups -OCH3 is 1. The highest BCUT2D eigenvalue weighted by Crippen LogP contribution is 2.25. The van der Waals surface area contributed by atoms with Crippen LogP contribution in [0.5, 0.6) is 11.5 Å². The molecule has 0 aliphatic rings. The molecule has 8 heteroatoms. The van der Waals surface area contributed by atoms with E-state index in [9.17, 15) is 9.18 Å².